The Kier molecular flexibility index (Phi) is 2.92. The minimum Gasteiger partial charge on any atom is -0.463 e. The highest BCUT2D eigenvalue weighted by Crippen LogP contribution is 2.34. The second-order valence-corrected chi connectivity index (χ2v) is 3.33. The number of hydrogen-bond donors (Lipinski definition) is 0. The number of esters is 1. The third-order valence-electron chi connectivity index (χ3n) is 1.98. The highest BCUT2D eigenvalue weighted by atomic mass is 16.5. The Morgan fingerprint density at radius 2 is 2.27 bits per heavy atom. The molecule has 1 aliphatic rings. The molecule has 64 valence electrons. The minimum absolute atomic E-state index is 0.0712. The Balaban J connectivity index is 2.08. The molecule has 0 aromatic rings. The van der Waals surface area contributed by atoms with Crippen LogP contribution in [0.15, 0.2) is 0 Å². The van der Waals surface area contributed by atoms with Crippen molar-refractivity contribution in [3.63, 3.8) is 0 Å². The first kappa shape index (κ1) is 8.57. The van der Waals surface area contributed by atoms with E-state index in [4.69, 9.17) is 4.74 Å². The second kappa shape index (κ2) is 3.74. The minimum atomic E-state index is -0.0712. The van der Waals surface area contributed by atoms with Crippen LogP contribution in [0.4, 0.5) is 0 Å². The zero-order chi connectivity index (χ0) is 8.27. The molecule has 1 atom stereocenters. The van der Waals surface area contributed by atoms with Gasteiger partial charge in [-0.1, -0.05) is 19.8 Å². The number of carbonyl (C=O) groups excluding carboxylic acids is 1. The van der Waals surface area contributed by atoms with Crippen LogP contribution in [0.25, 0.3) is 0 Å². The third-order valence-corrected chi connectivity index (χ3v) is 1.98. The second-order valence-electron chi connectivity index (χ2n) is 3.33. The van der Waals surface area contributed by atoms with Crippen molar-refractivity contribution < 1.29 is 9.53 Å². The van der Waals surface area contributed by atoms with Crippen molar-refractivity contribution in [3.8, 4) is 0 Å². The van der Waals surface area contributed by atoms with Crippen molar-refractivity contribution in [1.29, 1.82) is 0 Å². The lowest BCUT2D eigenvalue weighted by Crippen LogP contribution is -2.14. The molecule has 1 fully saturated rings. The van der Waals surface area contributed by atoms with Gasteiger partial charge in [0.05, 0.1) is 6.10 Å². The number of rotatable bonds is 4. The Labute approximate surface area is 67.9 Å². The fourth-order valence-corrected chi connectivity index (χ4v) is 1.18. The molecule has 2 heteroatoms. The Bertz CT molecular complexity index is 138. The quantitative estimate of drug-likeness (QED) is 0.583. The van der Waals surface area contributed by atoms with Crippen LogP contribution >= 0.6 is 0 Å². The summed E-state index contributed by atoms with van der Waals surface area (Å²) in [7, 11) is 0. The molecule has 1 saturated carbocycles. The van der Waals surface area contributed by atoms with Gasteiger partial charge < -0.3 is 4.74 Å². The van der Waals surface area contributed by atoms with Gasteiger partial charge in [0.1, 0.15) is 0 Å². The third kappa shape index (κ3) is 3.40. The van der Waals surface area contributed by atoms with E-state index in [1.54, 1.807) is 0 Å². The number of carbonyl (C=O) groups is 1. The molecule has 0 spiro atoms. The van der Waals surface area contributed by atoms with E-state index in [0.717, 1.165) is 12.3 Å². The van der Waals surface area contributed by atoms with Crippen LogP contribution in [-0.4, -0.2) is 12.1 Å². The highest BCUT2D eigenvalue weighted by molar-refractivity contribution is 5.69. The molecular formula is C9H16O2. The molecule has 1 rings (SSSR count). The molecule has 1 unspecified atom stereocenters. The van der Waals surface area contributed by atoms with Gasteiger partial charge in [-0.3, -0.25) is 4.79 Å². The fraction of sp³-hybridized carbons (Fsp3) is 0.889. The van der Waals surface area contributed by atoms with Crippen LogP contribution in [0, 0.1) is 5.92 Å². The van der Waals surface area contributed by atoms with E-state index in [9.17, 15) is 4.79 Å². The molecule has 11 heavy (non-hydrogen) atoms. The summed E-state index contributed by atoms with van der Waals surface area (Å²) in [6.07, 6.45) is 4.35. The maximum Gasteiger partial charge on any atom is 0.305 e. The zero-order valence-corrected chi connectivity index (χ0v) is 7.30. The van der Waals surface area contributed by atoms with Crippen LogP contribution in [-0.2, 0) is 9.53 Å². The maximum atomic E-state index is 10.8. The normalized spacial score (nSPS) is 19.5. The van der Waals surface area contributed by atoms with Crippen LogP contribution in [0.3, 0.4) is 0 Å². The van der Waals surface area contributed by atoms with E-state index in [2.05, 4.69) is 0 Å². The summed E-state index contributed by atoms with van der Waals surface area (Å²) >= 11 is 0. The molecule has 0 aromatic carbocycles. The summed E-state index contributed by atoms with van der Waals surface area (Å²) in [6.45, 7) is 3.80. The molecule has 0 saturated heterocycles. The summed E-state index contributed by atoms with van der Waals surface area (Å²) in [4.78, 5) is 10.8. The van der Waals surface area contributed by atoms with Gasteiger partial charge in [0.15, 0.2) is 0 Å². The van der Waals surface area contributed by atoms with Crippen molar-refractivity contribution in [2.45, 2.75) is 45.6 Å². The van der Waals surface area contributed by atoms with E-state index in [1.165, 1.54) is 12.8 Å². The lowest BCUT2D eigenvalue weighted by molar-refractivity contribution is -0.148. The maximum absolute atomic E-state index is 10.8. The lowest BCUT2D eigenvalue weighted by Gasteiger charge is -2.11. The monoisotopic (exact) mass is 156 g/mol. The van der Waals surface area contributed by atoms with Gasteiger partial charge >= 0.3 is 5.97 Å². The average Bonchev–Trinajstić information content (AvgIpc) is 2.71. The van der Waals surface area contributed by atoms with E-state index >= 15 is 0 Å². The molecule has 2 nitrogen and oxygen atoms in total. The van der Waals surface area contributed by atoms with Gasteiger partial charge in [0.25, 0.3) is 0 Å². The first-order valence-corrected chi connectivity index (χ1v) is 4.41. The van der Waals surface area contributed by atoms with E-state index < -0.39 is 0 Å². The first-order valence-electron chi connectivity index (χ1n) is 4.41. The highest BCUT2D eigenvalue weighted by Gasteiger charge is 2.24. The summed E-state index contributed by atoms with van der Waals surface area (Å²) < 4.78 is 5.11. The summed E-state index contributed by atoms with van der Waals surface area (Å²) in [6, 6.07) is 0. The van der Waals surface area contributed by atoms with Crippen molar-refractivity contribution >= 4 is 5.97 Å². The van der Waals surface area contributed by atoms with Gasteiger partial charge in [0, 0.05) is 6.42 Å². The predicted octanol–water partition coefficient (Wildman–Crippen LogP) is 2.13. The molecule has 0 aromatic heterocycles. The molecular weight excluding hydrogens is 140 g/mol. The van der Waals surface area contributed by atoms with Crippen molar-refractivity contribution in [1.82, 2.24) is 0 Å². The summed E-state index contributed by atoms with van der Waals surface area (Å²) in [5.74, 6) is 0.771. The van der Waals surface area contributed by atoms with Gasteiger partial charge in [-0.05, 0) is 19.3 Å². The molecule has 0 heterocycles. The van der Waals surface area contributed by atoms with E-state index in [0.29, 0.717) is 6.42 Å². The van der Waals surface area contributed by atoms with E-state index in [-0.39, 0.29) is 12.1 Å². The van der Waals surface area contributed by atoms with Gasteiger partial charge in [-0.15, -0.1) is 0 Å². The predicted molar refractivity (Wildman–Crippen MR) is 43.2 cm³/mol. The van der Waals surface area contributed by atoms with Gasteiger partial charge in [-0.25, -0.2) is 0 Å². The molecule has 0 aliphatic heterocycles. The summed E-state index contributed by atoms with van der Waals surface area (Å²) in [5, 5.41) is 0. The Hall–Kier alpha value is -0.530. The SMILES string of the molecule is CCC(=O)OC(C)CC1CC1. The van der Waals surface area contributed by atoms with Gasteiger partial charge in [0.2, 0.25) is 0 Å². The Morgan fingerprint density at radius 3 is 2.73 bits per heavy atom. The van der Waals surface area contributed by atoms with Crippen molar-refractivity contribution in [2.75, 3.05) is 0 Å². The van der Waals surface area contributed by atoms with Crippen molar-refractivity contribution in [3.05, 3.63) is 0 Å². The topological polar surface area (TPSA) is 26.3 Å². The lowest BCUT2D eigenvalue weighted by atomic mass is 10.2. The van der Waals surface area contributed by atoms with E-state index in [1.807, 2.05) is 13.8 Å². The smallest absolute Gasteiger partial charge is 0.305 e. The molecule has 0 amide bonds. The number of hydrogen-bond acceptors (Lipinski definition) is 2. The largest absolute Gasteiger partial charge is 0.463 e. The molecule has 0 bridgehead atoms. The fourth-order valence-electron chi connectivity index (χ4n) is 1.18. The van der Waals surface area contributed by atoms with Crippen molar-refractivity contribution in [2.24, 2.45) is 5.92 Å². The molecule has 0 N–H and O–H groups in total. The van der Waals surface area contributed by atoms with Crippen LogP contribution < -0.4 is 0 Å². The van der Waals surface area contributed by atoms with Gasteiger partial charge in [-0.2, -0.15) is 0 Å². The number of ether oxygens (including phenoxy) is 1. The van der Waals surface area contributed by atoms with Crippen LogP contribution in [0.5, 0.6) is 0 Å². The zero-order valence-electron chi connectivity index (χ0n) is 7.30. The standard InChI is InChI=1S/C9H16O2/c1-3-9(10)11-7(2)6-8-4-5-8/h7-8H,3-6H2,1-2H3. The molecule has 0 radical (unpaired) electrons. The first-order chi connectivity index (χ1) is 5.22. The average molecular weight is 156 g/mol. The Morgan fingerprint density at radius 1 is 1.64 bits per heavy atom. The van der Waals surface area contributed by atoms with Crippen LogP contribution in [0.2, 0.25) is 0 Å². The van der Waals surface area contributed by atoms with Crippen LogP contribution in [0.1, 0.15) is 39.5 Å². The summed E-state index contributed by atoms with van der Waals surface area (Å²) in [5.41, 5.74) is 0. The molecule has 1 aliphatic carbocycles.